The average Bonchev–Trinajstić information content (AvgIpc) is 2.37. The van der Waals surface area contributed by atoms with E-state index in [-0.39, 0.29) is 0 Å². The van der Waals surface area contributed by atoms with Gasteiger partial charge < -0.3 is 15.4 Å². The van der Waals surface area contributed by atoms with Crippen LogP contribution in [0.5, 0.6) is 5.75 Å². The first-order valence-corrected chi connectivity index (χ1v) is 5.60. The second-order valence-electron chi connectivity index (χ2n) is 3.93. The molecule has 0 radical (unpaired) electrons. The van der Waals surface area contributed by atoms with Crippen LogP contribution in [0.3, 0.4) is 0 Å². The second kappa shape index (κ2) is 5.01. The zero-order valence-corrected chi connectivity index (χ0v) is 10.2. The van der Waals surface area contributed by atoms with E-state index in [0.717, 1.165) is 28.9 Å². The van der Waals surface area contributed by atoms with E-state index in [9.17, 15) is 0 Å². The van der Waals surface area contributed by atoms with Gasteiger partial charge in [0.15, 0.2) is 0 Å². The number of nitrogens with two attached hydrogens (primary N) is 1. The molecule has 2 aromatic rings. The lowest BCUT2D eigenvalue weighted by atomic mass is 10.1. The molecule has 0 spiro atoms. The highest BCUT2D eigenvalue weighted by molar-refractivity contribution is 5.93. The summed E-state index contributed by atoms with van der Waals surface area (Å²) in [7, 11) is 3.66. The van der Waals surface area contributed by atoms with Gasteiger partial charge in [-0.2, -0.15) is 0 Å². The van der Waals surface area contributed by atoms with Crippen molar-refractivity contribution in [1.82, 2.24) is 4.98 Å². The van der Waals surface area contributed by atoms with Gasteiger partial charge in [-0.15, -0.1) is 0 Å². The Morgan fingerprint density at radius 1 is 1.35 bits per heavy atom. The lowest BCUT2D eigenvalue weighted by Crippen LogP contribution is -2.25. The largest absolute Gasteiger partial charge is 0.497 e. The summed E-state index contributed by atoms with van der Waals surface area (Å²) in [6.45, 7) is 1.39. The Kier molecular flexibility index (Phi) is 3.44. The molecular formula is C13H17N3O. The van der Waals surface area contributed by atoms with E-state index in [4.69, 9.17) is 10.5 Å². The quantitative estimate of drug-likeness (QED) is 0.869. The lowest BCUT2D eigenvalue weighted by molar-refractivity contribution is 0.415. The monoisotopic (exact) mass is 231 g/mol. The lowest BCUT2D eigenvalue weighted by Gasteiger charge is -2.19. The fourth-order valence-corrected chi connectivity index (χ4v) is 1.86. The molecule has 1 aromatic heterocycles. The number of ether oxygens (including phenoxy) is 1. The molecule has 0 unspecified atom stereocenters. The van der Waals surface area contributed by atoms with Crippen LogP contribution >= 0.6 is 0 Å². The molecule has 0 fully saturated rings. The number of likely N-dealkylation sites (N-methyl/N-ethyl adjacent to an activating group) is 1. The van der Waals surface area contributed by atoms with E-state index in [0.29, 0.717) is 6.54 Å². The number of benzene rings is 1. The number of methoxy groups -OCH3 is 1. The number of hydrogen-bond donors (Lipinski definition) is 1. The Morgan fingerprint density at radius 2 is 2.18 bits per heavy atom. The predicted octanol–water partition coefficient (Wildman–Crippen LogP) is 1.64. The molecule has 0 amide bonds. The van der Waals surface area contributed by atoms with Gasteiger partial charge in [-0.05, 0) is 23.6 Å². The molecule has 0 aliphatic carbocycles. The molecule has 1 heterocycles. The molecule has 0 aliphatic heterocycles. The van der Waals surface area contributed by atoms with Gasteiger partial charge in [0.2, 0.25) is 0 Å². The predicted molar refractivity (Wildman–Crippen MR) is 70.6 cm³/mol. The summed E-state index contributed by atoms with van der Waals surface area (Å²) < 4.78 is 5.25. The second-order valence-corrected chi connectivity index (χ2v) is 3.93. The van der Waals surface area contributed by atoms with Crippen molar-refractivity contribution >= 4 is 16.6 Å². The van der Waals surface area contributed by atoms with E-state index in [1.165, 1.54) is 0 Å². The minimum absolute atomic E-state index is 0.610. The maximum Gasteiger partial charge on any atom is 0.136 e. The highest BCUT2D eigenvalue weighted by atomic mass is 16.5. The third-order valence-corrected chi connectivity index (χ3v) is 2.78. The van der Waals surface area contributed by atoms with E-state index in [1.807, 2.05) is 37.5 Å². The third kappa shape index (κ3) is 2.31. The zero-order valence-electron chi connectivity index (χ0n) is 10.2. The Bertz CT molecular complexity index is 513. The summed E-state index contributed by atoms with van der Waals surface area (Å²) in [4.78, 5) is 6.47. The van der Waals surface area contributed by atoms with Crippen LogP contribution in [0.15, 0.2) is 30.5 Å². The number of aromatic nitrogens is 1. The minimum atomic E-state index is 0.610. The summed E-state index contributed by atoms with van der Waals surface area (Å²) >= 11 is 0. The van der Waals surface area contributed by atoms with Crippen LogP contribution < -0.4 is 15.4 Å². The van der Waals surface area contributed by atoms with Gasteiger partial charge in [0, 0.05) is 31.7 Å². The first kappa shape index (κ1) is 11.7. The zero-order chi connectivity index (χ0) is 12.3. The molecule has 4 nitrogen and oxygen atoms in total. The van der Waals surface area contributed by atoms with Gasteiger partial charge in [-0.1, -0.05) is 6.07 Å². The number of hydrogen-bond acceptors (Lipinski definition) is 4. The van der Waals surface area contributed by atoms with Crippen molar-refractivity contribution in [3.63, 3.8) is 0 Å². The van der Waals surface area contributed by atoms with Crippen molar-refractivity contribution in [2.75, 3.05) is 32.1 Å². The Morgan fingerprint density at radius 3 is 2.88 bits per heavy atom. The van der Waals surface area contributed by atoms with Crippen LogP contribution in [0.2, 0.25) is 0 Å². The van der Waals surface area contributed by atoms with Crippen LogP contribution in [-0.2, 0) is 0 Å². The van der Waals surface area contributed by atoms with E-state index in [2.05, 4.69) is 9.88 Å². The highest BCUT2D eigenvalue weighted by Gasteiger charge is 2.07. The smallest absolute Gasteiger partial charge is 0.136 e. The topological polar surface area (TPSA) is 51.4 Å². The SMILES string of the molecule is COc1ccc2ccnc(N(C)CCN)c2c1. The molecule has 0 bridgehead atoms. The molecule has 2 N–H and O–H groups in total. The van der Waals surface area contributed by atoms with Gasteiger partial charge >= 0.3 is 0 Å². The number of pyridine rings is 1. The first-order valence-electron chi connectivity index (χ1n) is 5.60. The summed E-state index contributed by atoms with van der Waals surface area (Å²) in [5, 5.41) is 2.24. The average molecular weight is 231 g/mol. The van der Waals surface area contributed by atoms with Gasteiger partial charge in [0.05, 0.1) is 7.11 Å². The molecule has 1 aromatic carbocycles. The van der Waals surface area contributed by atoms with Crippen molar-refractivity contribution in [1.29, 1.82) is 0 Å². The number of fused-ring (bicyclic) bond motifs is 1. The highest BCUT2D eigenvalue weighted by Crippen LogP contribution is 2.27. The Labute approximate surface area is 101 Å². The van der Waals surface area contributed by atoms with Gasteiger partial charge in [-0.25, -0.2) is 4.98 Å². The molecular weight excluding hydrogens is 214 g/mol. The Hall–Kier alpha value is -1.81. The maximum absolute atomic E-state index is 5.57. The standard InChI is InChI=1S/C13H17N3O/c1-16(8-6-14)13-12-9-11(17-2)4-3-10(12)5-7-15-13/h3-5,7,9H,6,8,14H2,1-2H3. The summed E-state index contributed by atoms with van der Waals surface area (Å²) in [5.74, 6) is 1.78. The minimum Gasteiger partial charge on any atom is -0.497 e. The van der Waals surface area contributed by atoms with Crippen molar-refractivity contribution in [3.8, 4) is 5.75 Å². The molecule has 0 atom stereocenters. The Balaban J connectivity index is 2.54. The van der Waals surface area contributed by atoms with Crippen LogP contribution in [0.4, 0.5) is 5.82 Å². The molecule has 0 aliphatic rings. The van der Waals surface area contributed by atoms with E-state index < -0.39 is 0 Å². The van der Waals surface area contributed by atoms with Gasteiger partial charge in [0.25, 0.3) is 0 Å². The summed E-state index contributed by atoms with van der Waals surface area (Å²) in [6.07, 6.45) is 1.82. The molecule has 0 saturated carbocycles. The molecule has 17 heavy (non-hydrogen) atoms. The van der Waals surface area contributed by atoms with Crippen molar-refractivity contribution < 1.29 is 4.74 Å². The van der Waals surface area contributed by atoms with E-state index >= 15 is 0 Å². The molecule has 0 saturated heterocycles. The van der Waals surface area contributed by atoms with Crippen molar-refractivity contribution in [3.05, 3.63) is 30.5 Å². The van der Waals surface area contributed by atoms with Gasteiger partial charge in [0.1, 0.15) is 11.6 Å². The normalized spacial score (nSPS) is 10.5. The van der Waals surface area contributed by atoms with Crippen LogP contribution in [0.25, 0.3) is 10.8 Å². The van der Waals surface area contributed by atoms with Crippen LogP contribution in [0.1, 0.15) is 0 Å². The van der Waals surface area contributed by atoms with Crippen LogP contribution in [0, 0.1) is 0 Å². The van der Waals surface area contributed by atoms with Crippen molar-refractivity contribution in [2.45, 2.75) is 0 Å². The van der Waals surface area contributed by atoms with E-state index in [1.54, 1.807) is 7.11 Å². The fraction of sp³-hybridized carbons (Fsp3) is 0.308. The van der Waals surface area contributed by atoms with Crippen LogP contribution in [-0.4, -0.2) is 32.2 Å². The maximum atomic E-state index is 5.57. The summed E-state index contributed by atoms with van der Waals surface area (Å²) in [5.41, 5.74) is 5.57. The number of rotatable bonds is 4. The number of nitrogens with zero attached hydrogens (tertiary/aromatic N) is 2. The van der Waals surface area contributed by atoms with Crippen molar-refractivity contribution in [2.24, 2.45) is 5.73 Å². The molecule has 4 heteroatoms. The molecule has 90 valence electrons. The third-order valence-electron chi connectivity index (χ3n) is 2.78. The summed E-state index contributed by atoms with van der Waals surface area (Å²) in [6, 6.07) is 7.99. The van der Waals surface area contributed by atoms with Gasteiger partial charge in [-0.3, -0.25) is 0 Å². The molecule has 2 rings (SSSR count). The number of anilines is 1. The fourth-order valence-electron chi connectivity index (χ4n) is 1.86. The first-order chi connectivity index (χ1) is 8.26.